The number of halogens is 4. The first kappa shape index (κ1) is 25.8. The first-order valence-electron chi connectivity index (χ1n) is 9.92. The summed E-state index contributed by atoms with van der Waals surface area (Å²) in [5.41, 5.74) is 4.01. The second-order valence-corrected chi connectivity index (χ2v) is 10.0. The van der Waals surface area contributed by atoms with E-state index in [-0.39, 0.29) is 35.5 Å². The number of rotatable bonds is 3. The Hall–Kier alpha value is -2.46. The van der Waals surface area contributed by atoms with Crippen LogP contribution in [0.2, 0.25) is 0 Å². The molecule has 3 heterocycles. The fourth-order valence-corrected chi connectivity index (χ4v) is 4.30. The van der Waals surface area contributed by atoms with Crippen molar-refractivity contribution in [1.29, 1.82) is 5.26 Å². The zero-order valence-electron chi connectivity index (χ0n) is 18.2. The molecule has 0 saturated carbocycles. The SMILES string of the molecule is CC(C)C(C)c1c(C#N)c(C(F)(F)F)c2cnc(N)nn12.CS(=O)(=O)N1CCCC(F)C1. The number of nitriles is 1. The summed E-state index contributed by atoms with van der Waals surface area (Å²) in [6.07, 6.45) is -2.39. The van der Waals surface area contributed by atoms with Gasteiger partial charge in [-0.15, -0.1) is 5.10 Å². The summed E-state index contributed by atoms with van der Waals surface area (Å²) in [5, 5.41) is 13.1. The van der Waals surface area contributed by atoms with Crippen LogP contribution in [0.4, 0.5) is 23.5 Å². The lowest BCUT2D eigenvalue weighted by molar-refractivity contribution is -0.136. The van der Waals surface area contributed by atoms with Crippen molar-refractivity contribution in [2.75, 3.05) is 25.1 Å². The van der Waals surface area contributed by atoms with Crippen LogP contribution in [0.3, 0.4) is 0 Å². The summed E-state index contributed by atoms with van der Waals surface area (Å²) in [7, 11) is -3.17. The molecule has 1 aliphatic heterocycles. The van der Waals surface area contributed by atoms with Gasteiger partial charge in [-0.05, 0) is 18.8 Å². The van der Waals surface area contributed by atoms with E-state index in [1.165, 1.54) is 4.31 Å². The zero-order chi connectivity index (χ0) is 24.4. The molecule has 2 aromatic rings. The van der Waals surface area contributed by atoms with Crippen LogP contribution in [0, 0.1) is 17.2 Å². The fraction of sp³-hybridized carbons (Fsp3) is 0.632. The van der Waals surface area contributed by atoms with Crippen LogP contribution in [0.15, 0.2) is 6.20 Å². The average molecular weight is 479 g/mol. The minimum Gasteiger partial charge on any atom is -0.367 e. The number of alkyl halides is 4. The molecule has 0 aromatic carbocycles. The van der Waals surface area contributed by atoms with Gasteiger partial charge < -0.3 is 5.73 Å². The van der Waals surface area contributed by atoms with Gasteiger partial charge in [0.15, 0.2) is 0 Å². The van der Waals surface area contributed by atoms with E-state index in [2.05, 4.69) is 10.1 Å². The largest absolute Gasteiger partial charge is 0.419 e. The Morgan fingerprint density at radius 2 is 1.94 bits per heavy atom. The second kappa shape index (κ2) is 9.58. The zero-order valence-corrected chi connectivity index (χ0v) is 19.0. The molecule has 2 unspecified atom stereocenters. The predicted octanol–water partition coefficient (Wildman–Crippen LogP) is 3.34. The van der Waals surface area contributed by atoms with Crippen molar-refractivity contribution >= 4 is 21.5 Å². The standard InChI is InChI=1S/C13H14F3N5.C6H12FNO2S/c1-6(2)7(3)11-8(4-17)10(13(14,15)16)9-5-19-12(18)20-21(9)11;1-11(9,10)8-4-2-3-6(7)5-8/h5-7H,1-3H3,(H2,18,20);6H,2-5H2,1H3. The number of aromatic nitrogens is 3. The molecule has 0 radical (unpaired) electrons. The molecule has 0 aliphatic carbocycles. The Bertz CT molecular complexity index is 1110. The summed E-state index contributed by atoms with van der Waals surface area (Å²) in [6.45, 7) is 6.00. The van der Waals surface area contributed by atoms with E-state index >= 15 is 0 Å². The highest BCUT2D eigenvalue weighted by Crippen LogP contribution is 2.40. The van der Waals surface area contributed by atoms with Gasteiger partial charge in [-0.1, -0.05) is 20.8 Å². The van der Waals surface area contributed by atoms with Crippen molar-refractivity contribution in [3.05, 3.63) is 23.0 Å². The number of piperidine rings is 1. The molecule has 1 aliphatic rings. The van der Waals surface area contributed by atoms with Crippen molar-refractivity contribution < 1.29 is 26.0 Å². The molecule has 0 amide bonds. The maximum Gasteiger partial charge on any atom is 0.419 e. The monoisotopic (exact) mass is 478 g/mol. The van der Waals surface area contributed by atoms with E-state index in [1.807, 2.05) is 13.8 Å². The number of hydrogen-bond acceptors (Lipinski definition) is 6. The first-order valence-corrected chi connectivity index (χ1v) is 11.8. The lowest BCUT2D eigenvalue weighted by Crippen LogP contribution is -2.39. The highest BCUT2D eigenvalue weighted by Gasteiger charge is 2.41. The average Bonchev–Trinajstić information content (AvgIpc) is 3.00. The summed E-state index contributed by atoms with van der Waals surface area (Å²) in [6, 6.07) is 1.67. The Labute approximate surface area is 184 Å². The molecule has 3 rings (SSSR count). The predicted molar refractivity (Wildman–Crippen MR) is 111 cm³/mol. The number of nitrogen functional groups attached to an aromatic ring is 1. The van der Waals surface area contributed by atoms with Gasteiger partial charge in [0, 0.05) is 19.0 Å². The third-order valence-corrected chi connectivity index (χ3v) is 6.63. The van der Waals surface area contributed by atoms with Gasteiger partial charge in [0.1, 0.15) is 17.8 Å². The fourth-order valence-electron chi connectivity index (χ4n) is 3.41. The molecular formula is C19H26F4N6O2S. The van der Waals surface area contributed by atoms with Crippen LogP contribution < -0.4 is 5.73 Å². The highest BCUT2D eigenvalue weighted by molar-refractivity contribution is 7.88. The number of fused-ring (bicyclic) bond motifs is 1. The molecule has 2 aromatic heterocycles. The number of nitrogens with zero attached hydrogens (tertiary/aromatic N) is 5. The van der Waals surface area contributed by atoms with Gasteiger partial charge in [-0.3, -0.25) is 0 Å². The molecular weight excluding hydrogens is 452 g/mol. The lowest BCUT2D eigenvalue weighted by atomic mass is 9.91. The minimum atomic E-state index is -4.66. The highest BCUT2D eigenvalue weighted by atomic mass is 32.2. The number of anilines is 1. The van der Waals surface area contributed by atoms with Gasteiger partial charge in [0.25, 0.3) is 0 Å². The van der Waals surface area contributed by atoms with Gasteiger partial charge >= 0.3 is 6.18 Å². The molecule has 8 nitrogen and oxygen atoms in total. The molecule has 0 spiro atoms. The Kier molecular flexibility index (Phi) is 7.72. The van der Waals surface area contributed by atoms with E-state index in [9.17, 15) is 31.2 Å². The van der Waals surface area contributed by atoms with E-state index in [0.717, 1.165) is 17.0 Å². The Morgan fingerprint density at radius 3 is 2.38 bits per heavy atom. The van der Waals surface area contributed by atoms with Gasteiger partial charge in [0.2, 0.25) is 16.0 Å². The van der Waals surface area contributed by atoms with Crippen molar-refractivity contribution in [2.45, 2.75) is 51.9 Å². The topological polar surface area (TPSA) is 117 Å². The number of hydrogen-bond donors (Lipinski definition) is 1. The molecule has 13 heteroatoms. The molecule has 178 valence electrons. The first-order chi connectivity index (χ1) is 14.7. The molecule has 32 heavy (non-hydrogen) atoms. The third-order valence-electron chi connectivity index (χ3n) is 5.36. The van der Waals surface area contributed by atoms with E-state index in [4.69, 9.17) is 5.73 Å². The third kappa shape index (κ3) is 5.66. The molecule has 1 saturated heterocycles. The summed E-state index contributed by atoms with van der Waals surface area (Å²) < 4.78 is 76.6. The van der Waals surface area contributed by atoms with Gasteiger partial charge in [-0.2, -0.15) is 22.7 Å². The summed E-state index contributed by atoms with van der Waals surface area (Å²) >= 11 is 0. The van der Waals surface area contributed by atoms with E-state index in [0.29, 0.717) is 19.4 Å². The van der Waals surface area contributed by atoms with Crippen LogP contribution >= 0.6 is 0 Å². The minimum absolute atomic E-state index is 0.0347. The van der Waals surface area contributed by atoms with Crippen LogP contribution in [0.5, 0.6) is 0 Å². The Morgan fingerprint density at radius 1 is 1.31 bits per heavy atom. The van der Waals surface area contributed by atoms with Crippen molar-refractivity contribution in [3.63, 3.8) is 0 Å². The van der Waals surface area contributed by atoms with Crippen molar-refractivity contribution in [2.24, 2.45) is 5.92 Å². The molecule has 1 fully saturated rings. The lowest BCUT2D eigenvalue weighted by Gasteiger charge is -2.26. The quantitative estimate of drug-likeness (QED) is 0.676. The van der Waals surface area contributed by atoms with Crippen molar-refractivity contribution in [1.82, 2.24) is 18.9 Å². The van der Waals surface area contributed by atoms with Crippen LogP contribution in [0.25, 0.3) is 5.52 Å². The maximum atomic E-state index is 13.3. The Balaban J connectivity index is 0.000000278. The molecule has 2 atom stereocenters. The normalized spacial score (nSPS) is 18.8. The van der Waals surface area contributed by atoms with E-state index < -0.39 is 33.5 Å². The maximum absolute atomic E-state index is 13.3. The molecule has 2 N–H and O–H groups in total. The smallest absolute Gasteiger partial charge is 0.367 e. The van der Waals surface area contributed by atoms with Crippen LogP contribution in [0.1, 0.15) is 56.4 Å². The van der Waals surface area contributed by atoms with E-state index in [1.54, 1.807) is 13.0 Å². The van der Waals surface area contributed by atoms with Crippen LogP contribution in [-0.2, 0) is 16.2 Å². The summed E-state index contributed by atoms with van der Waals surface area (Å²) in [5.74, 6) is -0.405. The summed E-state index contributed by atoms with van der Waals surface area (Å²) in [4.78, 5) is 3.61. The second-order valence-electron chi connectivity index (χ2n) is 8.05. The van der Waals surface area contributed by atoms with Crippen molar-refractivity contribution in [3.8, 4) is 6.07 Å². The van der Waals surface area contributed by atoms with Gasteiger partial charge in [-0.25, -0.2) is 22.3 Å². The number of nitrogens with two attached hydrogens (primary N) is 1. The number of sulfonamides is 1. The van der Waals surface area contributed by atoms with Gasteiger partial charge in [0.05, 0.1) is 29.2 Å². The van der Waals surface area contributed by atoms with Crippen LogP contribution in [-0.4, -0.2) is 52.8 Å². The molecule has 0 bridgehead atoms.